The van der Waals surface area contributed by atoms with Crippen molar-refractivity contribution in [2.45, 2.75) is 5.41 Å². The number of carbonyl (C=O) groups excluding carboxylic acids is 3. The molecule has 0 fully saturated rings. The van der Waals surface area contributed by atoms with Gasteiger partial charge >= 0.3 is 5.97 Å². The molecule has 2 aromatic rings. The lowest BCUT2D eigenvalue weighted by atomic mass is 9.76. The molecule has 0 N–H and O–H groups in total. The van der Waals surface area contributed by atoms with Gasteiger partial charge < -0.3 is 21.6 Å². The number of ether oxygens (including phenoxy) is 1. The topological polar surface area (TPSA) is 60.4 Å². The Morgan fingerprint density at radius 3 is 1.85 bits per heavy atom. The van der Waals surface area contributed by atoms with Crippen LogP contribution in [0.5, 0.6) is 0 Å². The van der Waals surface area contributed by atoms with Crippen LogP contribution in [0.15, 0.2) is 54.6 Å². The normalized spacial score (nSPS) is 15.1. The van der Waals surface area contributed by atoms with Gasteiger partial charge in [0.1, 0.15) is 6.61 Å². The summed E-state index contributed by atoms with van der Waals surface area (Å²) >= 11 is 0. The molecule has 0 heterocycles. The predicted octanol–water partition coefficient (Wildman–Crippen LogP) is -0.743. The summed E-state index contributed by atoms with van der Waals surface area (Å²) in [6.07, 6.45) is 0. The van der Waals surface area contributed by atoms with Crippen molar-refractivity contribution in [1.82, 2.24) is 0 Å². The van der Waals surface area contributed by atoms with E-state index >= 15 is 0 Å². The van der Waals surface area contributed by atoms with E-state index in [1.54, 1.807) is 48.5 Å². The highest BCUT2D eigenvalue weighted by Gasteiger charge is 2.55. The Morgan fingerprint density at radius 1 is 0.889 bits per heavy atom. The predicted molar refractivity (Wildman–Crippen MR) is 97.1 cm³/mol. The molecular weight excluding hydrogens is 366 g/mol. The molecule has 0 atom stereocenters. The zero-order valence-electron chi connectivity index (χ0n) is 15.6. The number of quaternary nitrogens is 1. The van der Waals surface area contributed by atoms with Crippen LogP contribution in [0.3, 0.4) is 0 Å². The molecule has 2 aromatic carbocycles. The number of hydrogen-bond donors (Lipinski definition) is 0. The van der Waals surface area contributed by atoms with Crippen LogP contribution in [-0.4, -0.2) is 56.3 Å². The lowest BCUT2D eigenvalue weighted by molar-refractivity contribution is -0.862. The van der Waals surface area contributed by atoms with Gasteiger partial charge in [0, 0.05) is 11.1 Å². The molecule has 0 unspecified atom stereocenters. The summed E-state index contributed by atoms with van der Waals surface area (Å²) in [6, 6.07) is 15.6. The summed E-state index contributed by atoms with van der Waals surface area (Å²) in [6.45, 7) is -0.137. The van der Waals surface area contributed by atoms with Crippen LogP contribution < -0.4 is 12.4 Å². The number of hydrogen-bond acceptors (Lipinski definition) is 4. The molecule has 6 heteroatoms. The van der Waals surface area contributed by atoms with Gasteiger partial charge in [-0.2, -0.15) is 0 Å². The van der Waals surface area contributed by atoms with Crippen LogP contribution in [0, 0.1) is 0 Å². The Labute approximate surface area is 164 Å². The molecule has 0 aliphatic heterocycles. The summed E-state index contributed by atoms with van der Waals surface area (Å²) in [4.78, 5) is 38.6. The van der Waals surface area contributed by atoms with Crippen molar-refractivity contribution in [3.05, 3.63) is 71.3 Å². The summed E-state index contributed by atoms with van der Waals surface area (Å²) < 4.78 is 5.84. The Hall–Kier alpha value is -2.50. The fraction of sp³-hybridized carbons (Fsp3) is 0.286. The molecular formula is C21H22ClNO4. The first-order chi connectivity index (χ1) is 12.3. The van der Waals surface area contributed by atoms with Crippen LogP contribution in [0.25, 0.3) is 0 Å². The van der Waals surface area contributed by atoms with E-state index in [-0.39, 0.29) is 37.1 Å². The summed E-state index contributed by atoms with van der Waals surface area (Å²) in [5, 5.41) is 0. The number of halogens is 1. The van der Waals surface area contributed by atoms with E-state index in [4.69, 9.17) is 4.74 Å². The molecule has 0 saturated heterocycles. The van der Waals surface area contributed by atoms with Crippen LogP contribution in [0.1, 0.15) is 26.3 Å². The molecule has 0 aromatic heterocycles. The van der Waals surface area contributed by atoms with Crippen LogP contribution in [-0.2, 0) is 14.9 Å². The largest absolute Gasteiger partial charge is 1.00 e. The second kappa shape index (κ2) is 7.62. The molecule has 0 spiro atoms. The van der Waals surface area contributed by atoms with E-state index in [0.717, 1.165) is 0 Å². The highest BCUT2D eigenvalue weighted by atomic mass is 35.5. The SMILES string of the molecule is C[N+](C)(C)CC(=O)OCC1(c2ccccc2)C(=O)c2ccccc2C1=O.[Cl-]. The fourth-order valence-corrected chi connectivity index (χ4v) is 3.26. The number of ketones is 2. The molecule has 0 bridgehead atoms. The Kier molecular flexibility index (Phi) is 5.88. The van der Waals surface area contributed by atoms with Gasteiger partial charge in [-0.3, -0.25) is 9.59 Å². The third kappa shape index (κ3) is 3.80. The first-order valence-corrected chi connectivity index (χ1v) is 8.46. The highest BCUT2D eigenvalue weighted by Crippen LogP contribution is 2.40. The number of rotatable bonds is 5. The smallest absolute Gasteiger partial charge is 0.361 e. The summed E-state index contributed by atoms with van der Waals surface area (Å²) in [5.74, 6) is -1.07. The van der Waals surface area contributed by atoms with Crippen molar-refractivity contribution >= 4 is 17.5 Å². The zero-order valence-corrected chi connectivity index (χ0v) is 16.3. The minimum Gasteiger partial charge on any atom is -1.00 e. The molecule has 1 aliphatic carbocycles. The molecule has 0 saturated carbocycles. The number of Topliss-reactive ketones (excluding diaryl/α,β-unsaturated/α-hetero) is 2. The van der Waals surface area contributed by atoms with Crippen molar-refractivity contribution in [1.29, 1.82) is 0 Å². The van der Waals surface area contributed by atoms with Gasteiger partial charge in [-0.05, 0) is 5.56 Å². The van der Waals surface area contributed by atoms with Crippen LogP contribution >= 0.6 is 0 Å². The average molecular weight is 388 g/mol. The quantitative estimate of drug-likeness (QED) is 0.385. The molecule has 3 rings (SSSR count). The fourth-order valence-electron chi connectivity index (χ4n) is 3.26. The van der Waals surface area contributed by atoms with Crippen molar-refractivity contribution in [2.75, 3.05) is 34.3 Å². The van der Waals surface area contributed by atoms with Crippen molar-refractivity contribution in [3.63, 3.8) is 0 Å². The lowest BCUT2D eigenvalue weighted by Gasteiger charge is -2.27. The molecule has 142 valence electrons. The van der Waals surface area contributed by atoms with E-state index in [9.17, 15) is 14.4 Å². The van der Waals surface area contributed by atoms with Gasteiger partial charge in [0.2, 0.25) is 0 Å². The van der Waals surface area contributed by atoms with E-state index in [1.165, 1.54) is 0 Å². The van der Waals surface area contributed by atoms with Gasteiger partial charge in [-0.1, -0.05) is 54.6 Å². The standard InChI is InChI=1S/C21H22NO4.ClH/c1-22(2,3)13-18(23)26-14-21(15-9-5-4-6-10-15)19(24)16-11-7-8-12-17(16)20(21)25;/h4-12H,13-14H2,1-3H3;1H/q+1;/p-1. The first kappa shape index (κ1) is 20.8. The van der Waals surface area contributed by atoms with E-state index in [2.05, 4.69) is 0 Å². The number of benzene rings is 2. The minimum absolute atomic E-state index is 0. The maximum atomic E-state index is 13.2. The van der Waals surface area contributed by atoms with Gasteiger partial charge in [0.15, 0.2) is 23.5 Å². The molecule has 5 nitrogen and oxygen atoms in total. The van der Waals surface area contributed by atoms with Crippen LogP contribution in [0.4, 0.5) is 0 Å². The summed E-state index contributed by atoms with van der Waals surface area (Å²) in [5.41, 5.74) is -0.205. The van der Waals surface area contributed by atoms with E-state index < -0.39 is 11.4 Å². The second-order valence-electron chi connectivity index (χ2n) is 7.58. The lowest BCUT2D eigenvalue weighted by Crippen LogP contribution is -3.00. The molecule has 0 radical (unpaired) electrons. The van der Waals surface area contributed by atoms with Gasteiger partial charge in [-0.25, -0.2) is 4.79 Å². The number of carbonyl (C=O) groups is 3. The number of fused-ring (bicyclic) bond motifs is 1. The second-order valence-corrected chi connectivity index (χ2v) is 7.58. The van der Waals surface area contributed by atoms with Crippen LogP contribution in [0.2, 0.25) is 0 Å². The average Bonchev–Trinajstić information content (AvgIpc) is 2.82. The highest BCUT2D eigenvalue weighted by molar-refractivity contribution is 6.33. The van der Waals surface area contributed by atoms with Crippen molar-refractivity contribution in [2.24, 2.45) is 0 Å². The maximum Gasteiger partial charge on any atom is 0.361 e. The minimum atomic E-state index is -1.51. The molecule has 0 amide bonds. The molecule has 1 aliphatic rings. The summed E-state index contributed by atoms with van der Waals surface area (Å²) in [7, 11) is 5.61. The monoisotopic (exact) mass is 387 g/mol. The molecule has 27 heavy (non-hydrogen) atoms. The van der Waals surface area contributed by atoms with E-state index in [1.807, 2.05) is 27.2 Å². The third-order valence-electron chi connectivity index (χ3n) is 4.51. The number of esters is 1. The van der Waals surface area contributed by atoms with Crippen molar-refractivity contribution in [3.8, 4) is 0 Å². The van der Waals surface area contributed by atoms with E-state index in [0.29, 0.717) is 21.2 Å². The zero-order chi connectivity index (χ0) is 18.9. The Bertz CT molecular complexity index is 836. The first-order valence-electron chi connectivity index (χ1n) is 8.46. The van der Waals surface area contributed by atoms with Crippen molar-refractivity contribution < 1.29 is 36.0 Å². The van der Waals surface area contributed by atoms with Gasteiger partial charge in [0.25, 0.3) is 0 Å². The third-order valence-corrected chi connectivity index (χ3v) is 4.51. The van der Waals surface area contributed by atoms with Gasteiger partial charge in [0.05, 0.1) is 21.1 Å². The number of likely N-dealkylation sites (N-methyl/N-ethyl adjacent to an activating group) is 1. The maximum absolute atomic E-state index is 13.2. The Balaban J connectivity index is 0.00000261. The van der Waals surface area contributed by atoms with Gasteiger partial charge in [-0.15, -0.1) is 0 Å². The Morgan fingerprint density at radius 2 is 1.37 bits per heavy atom. The number of nitrogens with zero attached hydrogens (tertiary/aromatic N) is 1.